The van der Waals surface area contributed by atoms with Gasteiger partial charge in [0, 0.05) is 12.2 Å². The first-order valence-corrected chi connectivity index (χ1v) is 6.84. The Morgan fingerprint density at radius 1 is 1.20 bits per heavy atom. The molecule has 81 valence electrons. The fraction of sp³-hybridized carbons (Fsp3) is 0.455. The maximum absolute atomic E-state index is 9.25. The van der Waals surface area contributed by atoms with Crippen LogP contribution in [-0.2, 0) is 4.43 Å². The summed E-state index contributed by atoms with van der Waals surface area (Å²) in [5, 5.41) is 19.5. The van der Waals surface area contributed by atoms with Gasteiger partial charge in [-0.25, -0.2) is 0 Å². The molecular formula is C11H15O3Si. The third-order valence-corrected chi connectivity index (χ3v) is 5.03. The lowest BCUT2D eigenvalue weighted by Gasteiger charge is -2.23. The Kier molecular flexibility index (Phi) is 3.53. The van der Waals surface area contributed by atoms with Crippen LogP contribution in [0.4, 0.5) is 0 Å². The van der Waals surface area contributed by atoms with Crippen molar-refractivity contribution in [3.63, 3.8) is 0 Å². The lowest BCUT2D eigenvalue weighted by molar-refractivity contribution is -0.0418. The molecule has 0 unspecified atom stereocenters. The van der Waals surface area contributed by atoms with Gasteiger partial charge in [-0.3, -0.25) is 0 Å². The standard InChI is InChI=1S/C11H15O3Si/c12-11(13)9-5-1-2-6-10(9)15-8-4-3-7-14-15/h1-2,5-6,11-13H,3-4,7-8H2. The molecular weight excluding hydrogens is 208 g/mol. The first-order chi connectivity index (χ1) is 7.29. The number of rotatable bonds is 2. The van der Waals surface area contributed by atoms with E-state index in [1.807, 2.05) is 18.2 Å². The van der Waals surface area contributed by atoms with Gasteiger partial charge in [0.15, 0.2) is 6.29 Å². The van der Waals surface area contributed by atoms with E-state index in [1.165, 1.54) is 6.42 Å². The molecule has 2 N–H and O–H groups in total. The number of benzene rings is 1. The highest BCUT2D eigenvalue weighted by Gasteiger charge is 2.23. The Morgan fingerprint density at radius 3 is 2.67 bits per heavy atom. The molecule has 1 saturated heterocycles. The molecule has 0 atom stereocenters. The average molecular weight is 223 g/mol. The van der Waals surface area contributed by atoms with Crippen LogP contribution in [0.5, 0.6) is 0 Å². The molecule has 2 rings (SSSR count). The Hall–Kier alpha value is -0.683. The van der Waals surface area contributed by atoms with Crippen molar-refractivity contribution in [1.29, 1.82) is 0 Å². The summed E-state index contributed by atoms with van der Waals surface area (Å²) >= 11 is 0. The minimum absolute atomic E-state index is 0.605. The van der Waals surface area contributed by atoms with Crippen molar-refractivity contribution >= 4 is 14.2 Å². The molecule has 0 saturated carbocycles. The SMILES string of the molecule is OC(O)c1ccccc1[Si]1CCCCO1. The third kappa shape index (κ3) is 2.46. The van der Waals surface area contributed by atoms with E-state index >= 15 is 0 Å². The van der Waals surface area contributed by atoms with E-state index < -0.39 is 15.3 Å². The lowest BCUT2D eigenvalue weighted by atomic mass is 10.2. The summed E-state index contributed by atoms with van der Waals surface area (Å²) in [5.74, 6) is 0. The topological polar surface area (TPSA) is 49.7 Å². The largest absolute Gasteiger partial charge is 0.412 e. The van der Waals surface area contributed by atoms with E-state index in [1.54, 1.807) is 6.07 Å². The smallest absolute Gasteiger partial charge is 0.247 e. The minimum atomic E-state index is -1.38. The van der Waals surface area contributed by atoms with Crippen LogP contribution in [0.3, 0.4) is 0 Å². The van der Waals surface area contributed by atoms with Gasteiger partial charge in [-0.1, -0.05) is 30.7 Å². The molecule has 1 aromatic carbocycles. The van der Waals surface area contributed by atoms with E-state index in [2.05, 4.69) is 0 Å². The molecule has 1 heterocycles. The van der Waals surface area contributed by atoms with Crippen LogP contribution in [0.2, 0.25) is 6.04 Å². The van der Waals surface area contributed by atoms with Gasteiger partial charge in [0.25, 0.3) is 0 Å². The highest BCUT2D eigenvalue weighted by Crippen LogP contribution is 2.15. The van der Waals surface area contributed by atoms with Crippen LogP contribution < -0.4 is 5.19 Å². The highest BCUT2D eigenvalue weighted by atomic mass is 28.3. The predicted molar refractivity (Wildman–Crippen MR) is 59.0 cm³/mol. The average Bonchev–Trinajstić information content (AvgIpc) is 2.30. The van der Waals surface area contributed by atoms with Crippen LogP contribution in [-0.4, -0.2) is 25.9 Å². The Labute approximate surface area is 91.1 Å². The van der Waals surface area contributed by atoms with E-state index in [9.17, 15) is 10.2 Å². The maximum atomic E-state index is 9.25. The summed E-state index contributed by atoms with van der Waals surface area (Å²) in [5.41, 5.74) is 0.605. The second-order valence-corrected chi connectivity index (χ2v) is 5.86. The van der Waals surface area contributed by atoms with Gasteiger partial charge in [0.05, 0.1) is 0 Å². The predicted octanol–water partition coefficient (Wildman–Crippen LogP) is 0.679. The molecule has 0 amide bonds. The van der Waals surface area contributed by atoms with Crippen molar-refractivity contribution in [2.45, 2.75) is 25.2 Å². The fourth-order valence-corrected chi connectivity index (χ4v) is 4.19. The van der Waals surface area contributed by atoms with Gasteiger partial charge in [-0.15, -0.1) is 0 Å². The van der Waals surface area contributed by atoms with Crippen molar-refractivity contribution in [3.05, 3.63) is 29.8 Å². The lowest BCUT2D eigenvalue weighted by Crippen LogP contribution is -2.39. The van der Waals surface area contributed by atoms with Crippen LogP contribution in [0.15, 0.2) is 24.3 Å². The number of hydrogen-bond acceptors (Lipinski definition) is 3. The van der Waals surface area contributed by atoms with Gasteiger partial charge >= 0.3 is 0 Å². The van der Waals surface area contributed by atoms with Crippen LogP contribution in [0.25, 0.3) is 0 Å². The first kappa shape index (κ1) is 10.8. The van der Waals surface area contributed by atoms with E-state index in [-0.39, 0.29) is 0 Å². The van der Waals surface area contributed by atoms with Gasteiger partial charge in [-0.05, 0) is 17.7 Å². The number of hydrogen-bond donors (Lipinski definition) is 2. The van der Waals surface area contributed by atoms with E-state index in [0.717, 1.165) is 24.3 Å². The van der Waals surface area contributed by atoms with Gasteiger partial charge < -0.3 is 14.6 Å². The summed E-state index contributed by atoms with van der Waals surface area (Å²) in [6.07, 6.45) is 0.923. The van der Waals surface area contributed by atoms with Crippen LogP contribution in [0, 0.1) is 0 Å². The molecule has 1 aromatic rings. The summed E-state index contributed by atoms with van der Waals surface area (Å²) in [4.78, 5) is 0. The molecule has 0 spiro atoms. The van der Waals surface area contributed by atoms with Crippen molar-refractivity contribution in [2.75, 3.05) is 6.61 Å². The quantitative estimate of drug-likeness (QED) is 0.572. The van der Waals surface area contributed by atoms with Crippen molar-refractivity contribution in [3.8, 4) is 0 Å². The molecule has 1 fully saturated rings. The van der Waals surface area contributed by atoms with Crippen molar-refractivity contribution in [2.24, 2.45) is 0 Å². The highest BCUT2D eigenvalue weighted by molar-refractivity contribution is 6.68. The zero-order chi connectivity index (χ0) is 10.7. The van der Waals surface area contributed by atoms with E-state index in [0.29, 0.717) is 5.56 Å². The Morgan fingerprint density at radius 2 is 2.00 bits per heavy atom. The van der Waals surface area contributed by atoms with Crippen LogP contribution in [0.1, 0.15) is 24.7 Å². The minimum Gasteiger partial charge on any atom is -0.412 e. The zero-order valence-corrected chi connectivity index (χ0v) is 9.52. The van der Waals surface area contributed by atoms with E-state index in [4.69, 9.17) is 4.43 Å². The van der Waals surface area contributed by atoms with Gasteiger partial charge in [-0.2, -0.15) is 0 Å². The molecule has 0 bridgehead atoms. The number of aliphatic hydroxyl groups excluding tert-OH is 1. The molecule has 0 aromatic heterocycles. The molecule has 0 aliphatic carbocycles. The molecule has 1 aliphatic heterocycles. The summed E-state index contributed by atoms with van der Waals surface area (Å²) in [6, 6.07) is 8.53. The summed E-state index contributed by atoms with van der Waals surface area (Å²) < 4.78 is 5.73. The van der Waals surface area contributed by atoms with Gasteiger partial charge in [0.2, 0.25) is 9.04 Å². The maximum Gasteiger partial charge on any atom is 0.247 e. The summed E-state index contributed by atoms with van der Waals surface area (Å²) in [7, 11) is -1.02. The third-order valence-electron chi connectivity index (χ3n) is 2.61. The second-order valence-electron chi connectivity index (χ2n) is 3.69. The molecule has 1 radical (unpaired) electrons. The first-order valence-electron chi connectivity index (χ1n) is 5.23. The molecule has 1 aliphatic rings. The fourth-order valence-electron chi connectivity index (χ4n) is 1.84. The zero-order valence-electron chi connectivity index (χ0n) is 8.52. The number of aliphatic hydroxyl groups is 2. The monoisotopic (exact) mass is 223 g/mol. The Balaban J connectivity index is 2.25. The normalized spacial score (nSPS) is 18.3. The van der Waals surface area contributed by atoms with Crippen molar-refractivity contribution in [1.82, 2.24) is 0 Å². The summed E-state index contributed by atoms with van der Waals surface area (Å²) in [6.45, 7) is 0.810. The van der Waals surface area contributed by atoms with Gasteiger partial charge in [0.1, 0.15) is 0 Å². The van der Waals surface area contributed by atoms with Crippen molar-refractivity contribution < 1.29 is 14.6 Å². The Bertz CT molecular complexity index is 321. The molecule has 15 heavy (non-hydrogen) atoms. The second kappa shape index (κ2) is 4.89. The molecule has 4 heteroatoms. The molecule has 3 nitrogen and oxygen atoms in total. The van der Waals surface area contributed by atoms with Crippen LogP contribution >= 0.6 is 0 Å².